The van der Waals surface area contributed by atoms with Crippen LogP contribution in [0, 0.1) is 0 Å². The Morgan fingerprint density at radius 2 is 1.92 bits per heavy atom. The molecule has 0 saturated heterocycles. The molecule has 6 heteroatoms. The average Bonchev–Trinajstić information content (AvgIpc) is 3.16. The van der Waals surface area contributed by atoms with Crippen molar-refractivity contribution in [2.24, 2.45) is 0 Å². The van der Waals surface area contributed by atoms with Crippen LogP contribution in [0.3, 0.4) is 0 Å². The number of anilines is 1. The molecule has 116 valence electrons. The molecule has 4 aromatic rings. The third kappa shape index (κ3) is 2.72. The van der Waals surface area contributed by atoms with Gasteiger partial charge in [0.1, 0.15) is 12.0 Å². The molecule has 0 unspecified atom stereocenters. The van der Waals surface area contributed by atoms with E-state index in [1.807, 2.05) is 54.6 Å². The standard InChI is InChI=1S/C18H13N5O/c24-18(16-9-8-12-4-1-2-7-15(12)22-16)21-14-6-3-5-13(10-14)17-19-11-20-23-17/h1-11H,(H,21,24)(H,19,20,23). The quantitative estimate of drug-likeness (QED) is 0.608. The van der Waals surface area contributed by atoms with Crippen molar-refractivity contribution >= 4 is 22.5 Å². The zero-order valence-electron chi connectivity index (χ0n) is 12.6. The van der Waals surface area contributed by atoms with E-state index in [-0.39, 0.29) is 5.91 Å². The molecule has 0 bridgehead atoms. The predicted octanol–water partition coefficient (Wildman–Crippen LogP) is 3.27. The molecule has 0 atom stereocenters. The van der Waals surface area contributed by atoms with E-state index in [9.17, 15) is 4.79 Å². The number of hydrogen-bond acceptors (Lipinski definition) is 4. The van der Waals surface area contributed by atoms with Crippen LogP contribution in [0.25, 0.3) is 22.3 Å². The van der Waals surface area contributed by atoms with Crippen molar-refractivity contribution in [2.45, 2.75) is 0 Å². The van der Waals surface area contributed by atoms with Gasteiger partial charge in [-0.15, -0.1) is 0 Å². The van der Waals surface area contributed by atoms with Crippen LogP contribution >= 0.6 is 0 Å². The summed E-state index contributed by atoms with van der Waals surface area (Å²) in [5, 5.41) is 10.5. The fourth-order valence-electron chi connectivity index (χ4n) is 2.48. The predicted molar refractivity (Wildman–Crippen MR) is 91.5 cm³/mol. The zero-order chi connectivity index (χ0) is 16.4. The normalized spacial score (nSPS) is 10.7. The number of pyridine rings is 1. The van der Waals surface area contributed by atoms with Gasteiger partial charge < -0.3 is 5.32 Å². The van der Waals surface area contributed by atoms with Gasteiger partial charge in [-0.2, -0.15) is 5.10 Å². The molecule has 0 fully saturated rings. The Hall–Kier alpha value is -3.54. The summed E-state index contributed by atoms with van der Waals surface area (Å²) >= 11 is 0. The average molecular weight is 315 g/mol. The number of aromatic amines is 1. The summed E-state index contributed by atoms with van der Waals surface area (Å²) in [7, 11) is 0. The van der Waals surface area contributed by atoms with Gasteiger partial charge in [0.2, 0.25) is 0 Å². The third-order valence-corrected chi connectivity index (χ3v) is 3.64. The van der Waals surface area contributed by atoms with Gasteiger partial charge in [-0.3, -0.25) is 9.89 Å². The number of aromatic nitrogens is 4. The van der Waals surface area contributed by atoms with Crippen molar-refractivity contribution in [2.75, 3.05) is 5.32 Å². The van der Waals surface area contributed by atoms with E-state index in [1.54, 1.807) is 6.07 Å². The topological polar surface area (TPSA) is 83.6 Å². The van der Waals surface area contributed by atoms with Crippen LogP contribution in [0.5, 0.6) is 0 Å². The van der Waals surface area contributed by atoms with E-state index >= 15 is 0 Å². The monoisotopic (exact) mass is 315 g/mol. The molecular formula is C18H13N5O. The molecule has 2 heterocycles. The Bertz CT molecular complexity index is 1010. The summed E-state index contributed by atoms with van der Waals surface area (Å²) in [5.74, 6) is 0.394. The first kappa shape index (κ1) is 14.1. The van der Waals surface area contributed by atoms with Gasteiger partial charge in [0.15, 0.2) is 5.82 Å². The van der Waals surface area contributed by atoms with Crippen molar-refractivity contribution in [3.05, 3.63) is 72.7 Å². The summed E-state index contributed by atoms with van der Waals surface area (Å²) in [6, 6.07) is 18.7. The minimum absolute atomic E-state index is 0.254. The van der Waals surface area contributed by atoms with Crippen LogP contribution in [-0.2, 0) is 0 Å². The van der Waals surface area contributed by atoms with Gasteiger partial charge >= 0.3 is 0 Å². The van der Waals surface area contributed by atoms with Crippen LogP contribution in [0.15, 0.2) is 67.0 Å². The number of para-hydroxylation sites is 1. The number of carbonyl (C=O) groups is 1. The molecule has 0 spiro atoms. The molecule has 0 aliphatic heterocycles. The maximum absolute atomic E-state index is 12.4. The number of carbonyl (C=O) groups excluding carboxylic acids is 1. The molecule has 0 aliphatic rings. The first-order valence-electron chi connectivity index (χ1n) is 7.42. The molecule has 0 radical (unpaired) electrons. The highest BCUT2D eigenvalue weighted by atomic mass is 16.1. The molecule has 6 nitrogen and oxygen atoms in total. The Balaban J connectivity index is 1.60. The lowest BCUT2D eigenvalue weighted by atomic mass is 10.1. The first-order valence-corrected chi connectivity index (χ1v) is 7.42. The molecule has 2 aromatic heterocycles. The number of hydrogen-bond donors (Lipinski definition) is 2. The van der Waals surface area contributed by atoms with E-state index in [1.165, 1.54) is 6.33 Å². The van der Waals surface area contributed by atoms with Crippen molar-refractivity contribution in [3.63, 3.8) is 0 Å². The molecule has 2 aromatic carbocycles. The van der Waals surface area contributed by atoms with Crippen molar-refractivity contribution in [3.8, 4) is 11.4 Å². The summed E-state index contributed by atoms with van der Waals surface area (Å²) in [6.07, 6.45) is 1.44. The lowest BCUT2D eigenvalue weighted by Gasteiger charge is -2.07. The van der Waals surface area contributed by atoms with Crippen molar-refractivity contribution < 1.29 is 4.79 Å². The Labute approximate surface area is 137 Å². The highest BCUT2D eigenvalue weighted by molar-refractivity contribution is 6.04. The van der Waals surface area contributed by atoms with E-state index in [0.29, 0.717) is 17.2 Å². The summed E-state index contributed by atoms with van der Waals surface area (Å²) in [5.41, 5.74) is 2.68. The fraction of sp³-hybridized carbons (Fsp3) is 0. The minimum atomic E-state index is -0.254. The number of nitrogens with one attached hydrogen (secondary N) is 2. The van der Waals surface area contributed by atoms with E-state index in [2.05, 4.69) is 25.5 Å². The van der Waals surface area contributed by atoms with Gasteiger partial charge in [0.05, 0.1) is 5.52 Å². The molecule has 24 heavy (non-hydrogen) atoms. The second kappa shape index (κ2) is 5.92. The molecular weight excluding hydrogens is 302 g/mol. The number of rotatable bonds is 3. The largest absolute Gasteiger partial charge is 0.321 e. The van der Waals surface area contributed by atoms with E-state index in [0.717, 1.165) is 16.5 Å². The van der Waals surface area contributed by atoms with Crippen molar-refractivity contribution in [1.82, 2.24) is 20.2 Å². The number of nitrogens with zero attached hydrogens (tertiary/aromatic N) is 3. The second-order valence-corrected chi connectivity index (χ2v) is 5.26. The highest BCUT2D eigenvalue weighted by Crippen LogP contribution is 2.19. The fourth-order valence-corrected chi connectivity index (χ4v) is 2.48. The summed E-state index contributed by atoms with van der Waals surface area (Å²) < 4.78 is 0. The molecule has 0 aliphatic carbocycles. The van der Waals surface area contributed by atoms with Crippen LogP contribution < -0.4 is 5.32 Å². The number of benzene rings is 2. The van der Waals surface area contributed by atoms with Crippen LogP contribution in [0.2, 0.25) is 0 Å². The van der Waals surface area contributed by atoms with Gasteiger partial charge in [-0.1, -0.05) is 36.4 Å². The number of amides is 1. The maximum atomic E-state index is 12.4. The first-order chi connectivity index (χ1) is 11.8. The van der Waals surface area contributed by atoms with E-state index < -0.39 is 0 Å². The summed E-state index contributed by atoms with van der Waals surface area (Å²) in [6.45, 7) is 0. The van der Waals surface area contributed by atoms with Gasteiger partial charge in [0, 0.05) is 16.6 Å². The lowest BCUT2D eigenvalue weighted by molar-refractivity contribution is 0.102. The Morgan fingerprint density at radius 3 is 2.79 bits per heavy atom. The smallest absolute Gasteiger partial charge is 0.274 e. The van der Waals surface area contributed by atoms with E-state index in [4.69, 9.17) is 0 Å². The molecule has 0 saturated carbocycles. The second-order valence-electron chi connectivity index (χ2n) is 5.26. The zero-order valence-corrected chi connectivity index (χ0v) is 12.6. The highest BCUT2D eigenvalue weighted by Gasteiger charge is 2.09. The molecule has 4 rings (SSSR count). The Morgan fingerprint density at radius 1 is 1.00 bits per heavy atom. The van der Waals surface area contributed by atoms with Crippen molar-refractivity contribution in [1.29, 1.82) is 0 Å². The summed E-state index contributed by atoms with van der Waals surface area (Å²) in [4.78, 5) is 21.0. The maximum Gasteiger partial charge on any atom is 0.274 e. The third-order valence-electron chi connectivity index (χ3n) is 3.64. The van der Waals surface area contributed by atoms with Crippen LogP contribution in [0.1, 0.15) is 10.5 Å². The SMILES string of the molecule is O=C(Nc1cccc(-c2ncn[nH]2)c1)c1ccc2ccccc2n1. The van der Waals surface area contributed by atoms with Gasteiger partial charge in [-0.05, 0) is 24.3 Å². The Kier molecular flexibility index (Phi) is 3.47. The van der Waals surface area contributed by atoms with Crippen LogP contribution in [0.4, 0.5) is 5.69 Å². The molecule has 1 amide bonds. The minimum Gasteiger partial charge on any atom is -0.321 e. The lowest BCUT2D eigenvalue weighted by Crippen LogP contribution is -2.13. The van der Waals surface area contributed by atoms with Gasteiger partial charge in [-0.25, -0.2) is 9.97 Å². The van der Waals surface area contributed by atoms with Gasteiger partial charge in [0.25, 0.3) is 5.91 Å². The molecule has 2 N–H and O–H groups in total. The number of fused-ring (bicyclic) bond motifs is 1. The number of H-pyrrole nitrogens is 1. The van der Waals surface area contributed by atoms with Crippen LogP contribution in [-0.4, -0.2) is 26.1 Å².